The Labute approximate surface area is 332 Å². The highest BCUT2D eigenvalue weighted by molar-refractivity contribution is 5.93. The van der Waals surface area contributed by atoms with Crippen LogP contribution < -0.4 is 18.9 Å². The molecule has 3 atom stereocenters. The van der Waals surface area contributed by atoms with E-state index in [1.54, 1.807) is 48.5 Å². The van der Waals surface area contributed by atoms with Gasteiger partial charge in [-0.15, -0.1) is 0 Å². The summed E-state index contributed by atoms with van der Waals surface area (Å²) in [6, 6.07) is 25.0. The van der Waals surface area contributed by atoms with Gasteiger partial charge in [0.1, 0.15) is 35.2 Å². The van der Waals surface area contributed by atoms with Crippen molar-refractivity contribution in [2.45, 2.75) is 83.5 Å². The molecule has 4 aromatic rings. The number of aldehydes is 1. The molecule has 1 unspecified atom stereocenters. The van der Waals surface area contributed by atoms with E-state index in [1.165, 1.54) is 55.0 Å². The first-order chi connectivity index (χ1) is 27.8. The van der Waals surface area contributed by atoms with Crippen molar-refractivity contribution in [3.05, 3.63) is 119 Å². The first-order valence-corrected chi connectivity index (χ1v) is 19.3. The van der Waals surface area contributed by atoms with Crippen LogP contribution in [0.2, 0.25) is 0 Å². The summed E-state index contributed by atoms with van der Waals surface area (Å²) in [7, 11) is 0. The van der Waals surface area contributed by atoms with Gasteiger partial charge in [-0.2, -0.15) is 0 Å². The zero-order chi connectivity index (χ0) is 40.4. The lowest BCUT2D eigenvalue weighted by Gasteiger charge is -2.18. The molecule has 0 spiro atoms. The smallest absolute Gasteiger partial charge is 0.343 e. The fraction of sp³-hybridized carbons (Fsp3) is 0.356. The molecule has 0 aliphatic carbocycles. The number of benzene rings is 4. The van der Waals surface area contributed by atoms with E-state index in [-0.39, 0.29) is 35.7 Å². The zero-order valence-electron chi connectivity index (χ0n) is 32.2. The minimum atomic E-state index is -1.26. The van der Waals surface area contributed by atoms with Crippen LogP contribution in [0, 0.1) is 0 Å². The molecule has 12 nitrogen and oxygen atoms in total. The minimum absolute atomic E-state index is 0.00848. The van der Waals surface area contributed by atoms with Crippen molar-refractivity contribution >= 4 is 30.2 Å². The van der Waals surface area contributed by atoms with Gasteiger partial charge < -0.3 is 33.2 Å². The Bertz CT molecular complexity index is 1900. The molecule has 57 heavy (non-hydrogen) atoms. The number of carbonyl (C=O) groups is 5. The molecular weight excluding hydrogens is 732 g/mol. The Kier molecular flexibility index (Phi) is 16.2. The van der Waals surface area contributed by atoms with E-state index in [9.17, 15) is 24.0 Å². The Morgan fingerprint density at radius 1 is 0.579 bits per heavy atom. The Balaban J connectivity index is 1.03. The molecule has 300 valence electrons. The first kappa shape index (κ1) is 42.1. The summed E-state index contributed by atoms with van der Waals surface area (Å²) in [6.45, 7) is 5.49. The molecule has 5 rings (SSSR count). The normalized spacial score (nSPS) is 15.2. The second-order valence-corrected chi connectivity index (χ2v) is 13.5. The molecule has 1 saturated heterocycles. The number of unbranched alkanes of at least 4 members (excludes halogenated alkanes) is 5. The van der Waals surface area contributed by atoms with E-state index in [4.69, 9.17) is 33.2 Å². The summed E-state index contributed by atoms with van der Waals surface area (Å²) in [6.07, 6.45) is 5.33. The Morgan fingerprint density at radius 3 is 1.47 bits per heavy atom. The van der Waals surface area contributed by atoms with Crippen molar-refractivity contribution in [3.8, 4) is 23.0 Å². The molecule has 12 heteroatoms. The lowest BCUT2D eigenvalue weighted by Crippen LogP contribution is -2.33. The number of carbonyl (C=O) groups excluding carboxylic acids is 5. The van der Waals surface area contributed by atoms with E-state index in [0.717, 1.165) is 38.5 Å². The van der Waals surface area contributed by atoms with Crippen LogP contribution in [0.5, 0.6) is 23.0 Å². The minimum Gasteiger partial charge on any atom is -0.494 e. The van der Waals surface area contributed by atoms with Crippen LogP contribution in [-0.2, 0) is 19.0 Å². The Hall–Kier alpha value is -6.01. The number of ether oxygens (including phenoxy) is 7. The highest BCUT2D eigenvalue weighted by Crippen LogP contribution is 2.24. The second kappa shape index (κ2) is 21.9. The SMILES string of the molecule is CCCCCCOc1ccc(C(=O)Oc2ccc(C(=O)O[C@@H]3CO[C@@H](C(C=O)OC(=O)c4ccc(OC(=O)c5ccc(OCCCCC)cc5)cc4)C3)cc2)cc1. The maximum Gasteiger partial charge on any atom is 0.343 e. The molecule has 0 radical (unpaired) electrons. The summed E-state index contributed by atoms with van der Waals surface area (Å²) >= 11 is 0. The van der Waals surface area contributed by atoms with Crippen LogP contribution >= 0.6 is 0 Å². The maximum atomic E-state index is 12.9. The fourth-order valence-electron chi connectivity index (χ4n) is 5.83. The summed E-state index contributed by atoms with van der Waals surface area (Å²) in [5.74, 6) is -0.763. The Morgan fingerprint density at radius 2 is 1.00 bits per heavy atom. The van der Waals surface area contributed by atoms with E-state index in [0.29, 0.717) is 42.1 Å². The summed E-state index contributed by atoms with van der Waals surface area (Å²) < 4.78 is 39.0. The largest absolute Gasteiger partial charge is 0.494 e. The quantitative estimate of drug-likeness (QED) is 0.0346. The molecular formula is C45H48O12. The van der Waals surface area contributed by atoms with Crippen LogP contribution in [0.15, 0.2) is 97.1 Å². The predicted octanol–water partition coefficient (Wildman–Crippen LogP) is 8.39. The zero-order valence-corrected chi connectivity index (χ0v) is 32.2. The van der Waals surface area contributed by atoms with E-state index < -0.39 is 42.2 Å². The van der Waals surface area contributed by atoms with Gasteiger partial charge >= 0.3 is 23.9 Å². The van der Waals surface area contributed by atoms with Crippen LogP contribution in [0.3, 0.4) is 0 Å². The van der Waals surface area contributed by atoms with Gasteiger partial charge in [-0.3, -0.25) is 4.79 Å². The van der Waals surface area contributed by atoms with Gasteiger partial charge in [0, 0.05) is 6.42 Å². The third-order valence-corrected chi connectivity index (χ3v) is 9.07. The lowest BCUT2D eigenvalue weighted by atomic mass is 10.1. The molecule has 0 saturated carbocycles. The second-order valence-electron chi connectivity index (χ2n) is 13.5. The molecule has 1 aliphatic heterocycles. The highest BCUT2D eigenvalue weighted by Gasteiger charge is 2.36. The molecule has 0 amide bonds. The lowest BCUT2D eigenvalue weighted by molar-refractivity contribution is -0.121. The average molecular weight is 781 g/mol. The predicted molar refractivity (Wildman–Crippen MR) is 209 cm³/mol. The molecule has 1 fully saturated rings. The first-order valence-electron chi connectivity index (χ1n) is 19.3. The molecule has 0 N–H and O–H groups in total. The van der Waals surface area contributed by atoms with Crippen LogP contribution in [0.1, 0.15) is 107 Å². The third-order valence-electron chi connectivity index (χ3n) is 9.07. The monoisotopic (exact) mass is 780 g/mol. The summed E-state index contributed by atoms with van der Waals surface area (Å²) in [5.41, 5.74) is 1.02. The molecule has 0 bridgehead atoms. The maximum absolute atomic E-state index is 12.9. The van der Waals surface area contributed by atoms with Gasteiger partial charge in [-0.25, -0.2) is 19.2 Å². The van der Waals surface area contributed by atoms with Crippen molar-refractivity contribution in [2.24, 2.45) is 0 Å². The van der Waals surface area contributed by atoms with Crippen molar-refractivity contribution in [2.75, 3.05) is 19.8 Å². The van der Waals surface area contributed by atoms with Gasteiger partial charge in [0.25, 0.3) is 0 Å². The van der Waals surface area contributed by atoms with Gasteiger partial charge in [0.15, 0.2) is 12.4 Å². The summed E-state index contributed by atoms with van der Waals surface area (Å²) in [4.78, 5) is 63.0. The number of esters is 4. The van der Waals surface area contributed by atoms with E-state index in [1.807, 2.05) is 0 Å². The topological polar surface area (TPSA) is 150 Å². The molecule has 4 aromatic carbocycles. The van der Waals surface area contributed by atoms with Crippen LogP contribution in [0.4, 0.5) is 0 Å². The van der Waals surface area contributed by atoms with Gasteiger partial charge in [-0.05, 0) is 110 Å². The van der Waals surface area contributed by atoms with Crippen molar-refractivity contribution in [1.82, 2.24) is 0 Å². The molecule has 0 aromatic heterocycles. The highest BCUT2D eigenvalue weighted by atomic mass is 16.6. The molecule has 1 aliphatic rings. The van der Waals surface area contributed by atoms with Gasteiger partial charge in [-0.1, -0.05) is 46.0 Å². The van der Waals surface area contributed by atoms with Gasteiger partial charge in [0.2, 0.25) is 0 Å². The number of hydrogen-bond acceptors (Lipinski definition) is 12. The van der Waals surface area contributed by atoms with Crippen molar-refractivity contribution < 1.29 is 57.1 Å². The van der Waals surface area contributed by atoms with Crippen molar-refractivity contribution in [3.63, 3.8) is 0 Å². The number of hydrogen-bond donors (Lipinski definition) is 0. The number of rotatable bonds is 21. The van der Waals surface area contributed by atoms with Crippen molar-refractivity contribution in [1.29, 1.82) is 0 Å². The van der Waals surface area contributed by atoms with E-state index >= 15 is 0 Å². The van der Waals surface area contributed by atoms with Crippen LogP contribution in [-0.4, -0.2) is 68.3 Å². The fourth-order valence-corrected chi connectivity index (χ4v) is 5.83. The molecule has 1 heterocycles. The third kappa shape index (κ3) is 13.0. The van der Waals surface area contributed by atoms with Crippen LogP contribution in [0.25, 0.3) is 0 Å². The standard InChI is InChI=1S/C45H48O12/c1-3-5-7-9-27-52-36-20-12-32(13-21-36)42(47)54-37-22-14-33(15-23-37)44(49)56-39-28-40(53-30-39)41(29-46)57-45(50)34-16-24-38(25-17-34)55-43(48)31-10-18-35(19-11-31)51-26-8-6-4-2/h10-25,29,39-41H,3-9,26-28,30H2,1-2H3/t39-,40+,41?/m0/s1. The van der Waals surface area contributed by atoms with Gasteiger partial charge in [0.05, 0.1) is 42.1 Å². The summed E-state index contributed by atoms with van der Waals surface area (Å²) in [5, 5.41) is 0. The van der Waals surface area contributed by atoms with E-state index in [2.05, 4.69) is 13.8 Å². The average Bonchev–Trinajstić information content (AvgIpc) is 3.70.